The molecule has 4 rings (SSSR count). The SMILES string of the molecule is CC1=NN(c2ccc(C(=O)N[C@H]3CC[C@@H](N(C)c4cc(C(F)(F)F)nc(C(F)(F)F)c4)CC3)cc2)C(=O)C1. The van der Waals surface area contributed by atoms with Gasteiger partial charge in [0, 0.05) is 36.1 Å². The number of nitrogens with zero attached hydrogens (tertiary/aromatic N) is 4. The highest BCUT2D eigenvalue weighted by Crippen LogP contribution is 2.37. The molecule has 0 spiro atoms. The first-order valence-electron chi connectivity index (χ1n) is 11.9. The van der Waals surface area contributed by atoms with Crippen LogP contribution < -0.4 is 15.2 Å². The maximum absolute atomic E-state index is 13.2. The third-order valence-corrected chi connectivity index (χ3v) is 6.67. The van der Waals surface area contributed by atoms with Crippen LogP contribution in [-0.2, 0) is 17.1 Å². The molecule has 204 valence electrons. The zero-order chi connectivity index (χ0) is 27.8. The second kappa shape index (κ2) is 10.3. The first kappa shape index (κ1) is 27.4. The van der Waals surface area contributed by atoms with Gasteiger partial charge in [0.2, 0.25) is 0 Å². The minimum Gasteiger partial charge on any atom is -0.371 e. The average Bonchev–Trinajstić information content (AvgIpc) is 3.20. The third kappa shape index (κ3) is 6.08. The highest BCUT2D eigenvalue weighted by molar-refractivity contribution is 6.12. The molecular weight excluding hydrogens is 516 g/mol. The number of anilines is 2. The van der Waals surface area contributed by atoms with Gasteiger partial charge in [0.05, 0.1) is 12.1 Å². The zero-order valence-electron chi connectivity index (χ0n) is 20.5. The number of alkyl halides is 6. The smallest absolute Gasteiger partial charge is 0.371 e. The fourth-order valence-electron chi connectivity index (χ4n) is 4.61. The van der Waals surface area contributed by atoms with E-state index in [-0.39, 0.29) is 36.0 Å². The van der Waals surface area contributed by atoms with Crippen molar-refractivity contribution in [3.05, 3.63) is 53.3 Å². The summed E-state index contributed by atoms with van der Waals surface area (Å²) < 4.78 is 79.1. The molecule has 0 saturated heterocycles. The summed E-state index contributed by atoms with van der Waals surface area (Å²) >= 11 is 0. The second-order valence-corrected chi connectivity index (χ2v) is 9.45. The fraction of sp³-hybridized carbons (Fsp3) is 0.440. The van der Waals surface area contributed by atoms with Crippen LogP contribution in [0.3, 0.4) is 0 Å². The van der Waals surface area contributed by atoms with Crippen molar-refractivity contribution in [3.8, 4) is 0 Å². The van der Waals surface area contributed by atoms with Crippen LogP contribution >= 0.6 is 0 Å². The Bertz CT molecular complexity index is 1200. The average molecular weight is 541 g/mol. The van der Waals surface area contributed by atoms with Gasteiger partial charge in [0.15, 0.2) is 0 Å². The maximum atomic E-state index is 13.2. The molecule has 1 saturated carbocycles. The van der Waals surface area contributed by atoms with Crippen LogP contribution in [0.1, 0.15) is 60.8 Å². The van der Waals surface area contributed by atoms with E-state index in [0.717, 1.165) is 0 Å². The van der Waals surface area contributed by atoms with Crippen LogP contribution in [-0.4, -0.2) is 41.6 Å². The highest BCUT2D eigenvalue weighted by atomic mass is 19.4. The molecule has 7 nitrogen and oxygen atoms in total. The molecule has 1 aromatic heterocycles. The van der Waals surface area contributed by atoms with Crippen molar-refractivity contribution in [1.82, 2.24) is 10.3 Å². The van der Waals surface area contributed by atoms with Gasteiger partial charge in [-0.05, 0) is 69.0 Å². The van der Waals surface area contributed by atoms with E-state index in [1.807, 2.05) is 0 Å². The topological polar surface area (TPSA) is 77.9 Å². The Kier molecular flexibility index (Phi) is 7.39. The molecule has 2 aliphatic rings. The molecule has 1 aliphatic heterocycles. The molecule has 13 heteroatoms. The van der Waals surface area contributed by atoms with Crippen LogP contribution in [0, 0.1) is 0 Å². The lowest BCUT2D eigenvalue weighted by atomic mass is 9.90. The zero-order valence-corrected chi connectivity index (χ0v) is 20.5. The molecule has 0 bridgehead atoms. The molecule has 2 amide bonds. The quantitative estimate of drug-likeness (QED) is 0.514. The summed E-state index contributed by atoms with van der Waals surface area (Å²) in [5.74, 6) is -0.475. The Balaban J connectivity index is 1.37. The number of rotatable bonds is 5. The number of hydrazone groups is 1. The predicted octanol–water partition coefficient (Wildman–Crippen LogP) is 5.41. The number of aromatic nitrogens is 1. The number of carbonyl (C=O) groups is 2. The monoisotopic (exact) mass is 541 g/mol. The van der Waals surface area contributed by atoms with E-state index in [2.05, 4.69) is 15.4 Å². The number of amides is 2. The summed E-state index contributed by atoms with van der Waals surface area (Å²) in [7, 11) is 1.46. The Hall–Kier alpha value is -3.64. The molecule has 1 N–H and O–H groups in total. The lowest BCUT2D eigenvalue weighted by Crippen LogP contribution is -2.43. The molecule has 0 unspecified atom stereocenters. The fourth-order valence-corrected chi connectivity index (χ4v) is 4.61. The van der Waals surface area contributed by atoms with Crippen molar-refractivity contribution in [2.75, 3.05) is 17.0 Å². The van der Waals surface area contributed by atoms with Gasteiger partial charge in [-0.15, -0.1) is 0 Å². The normalized spacial score (nSPS) is 20.4. The summed E-state index contributed by atoms with van der Waals surface area (Å²) in [6.45, 7) is 1.75. The number of halogens is 6. The lowest BCUT2D eigenvalue weighted by Gasteiger charge is -2.36. The minimum atomic E-state index is -5.02. The van der Waals surface area contributed by atoms with Crippen LogP contribution in [0.2, 0.25) is 0 Å². The van der Waals surface area contributed by atoms with Gasteiger partial charge in [-0.2, -0.15) is 31.4 Å². The van der Waals surface area contributed by atoms with Crippen molar-refractivity contribution < 1.29 is 35.9 Å². The summed E-state index contributed by atoms with van der Waals surface area (Å²) in [4.78, 5) is 28.9. The van der Waals surface area contributed by atoms with Gasteiger partial charge in [0.1, 0.15) is 11.4 Å². The minimum absolute atomic E-state index is 0.155. The largest absolute Gasteiger partial charge is 0.433 e. The number of benzene rings is 1. The van der Waals surface area contributed by atoms with Crippen molar-refractivity contribution in [2.45, 2.75) is 63.5 Å². The maximum Gasteiger partial charge on any atom is 0.433 e. The summed E-state index contributed by atoms with van der Waals surface area (Å²) in [5.41, 5.74) is -1.79. The van der Waals surface area contributed by atoms with Crippen LogP contribution in [0.25, 0.3) is 0 Å². The van der Waals surface area contributed by atoms with Crippen LogP contribution in [0.15, 0.2) is 41.5 Å². The summed E-state index contributed by atoms with van der Waals surface area (Å²) in [6.07, 6.45) is -7.88. The second-order valence-electron chi connectivity index (χ2n) is 9.45. The molecule has 1 aliphatic carbocycles. The molecule has 1 aromatic carbocycles. The van der Waals surface area contributed by atoms with Gasteiger partial charge in [0.25, 0.3) is 11.8 Å². The lowest BCUT2D eigenvalue weighted by molar-refractivity contribution is -0.150. The van der Waals surface area contributed by atoms with Gasteiger partial charge in [-0.1, -0.05) is 0 Å². The Morgan fingerprint density at radius 2 is 1.53 bits per heavy atom. The van der Waals surface area contributed by atoms with Crippen LogP contribution in [0.4, 0.5) is 37.7 Å². The van der Waals surface area contributed by atoms with E-state index >= 15 is 0 Å². The Labute approximate surface area is 214 Å². The van der Waals surface area contributed by atoms with E-state index in [9.17, 15) is 35.9 Å². The summed E-state index contributed by atoms with van der Waals surface area (Å²) in [6, 6.07) is 7.15. The summed E-state index contributed by atoms with van der Waals surface area (Å²) in [5, 5.41) is 8.37. The molecule has 0 atom stereocenters. The molecular formula is C25H25F6N5O2. The Morgan fingerprint density at radius 1 is 0.974 bits per heavy atom. The van der Waals surface area contributed by atoms with E-state index in [1.165, 1.54) is 17.0 Å². The molecule has 2 heterocycles. The number of hydrogen-bond acceptors (Lipinski definition) is 5. The van der Waals surface area contributed by atoms with E-state index < -0.39 is 23.7 Å². The number of pyridine rings is 1. The number of nitrogens with one attached hydrogen (secondary N) is 1. The molecule has 2 aromatic rings. The standard InChI is InChI=1S/C25H25F6N5O2/c1-14-11-22(37)36(34-14)18-7-3-15(4-8-18)23(38)32-16-5-9-17(10-6-16)35(2)19-12-20(24(26,27)28)33-21(13-19)25(29,30)31/h3-4,7-8,12-13,16-17H,5-6,9-11H2,1-2H3,(H,32,38)/t16-,17+. The van der Waals surface area contributed by atoms with Gasteiger partial charge in [-0.3, -0.25) is 9.59 Å². The molecule has 0 radical (unpaired) electrons. The van der Waals surface area contributed by atoms with Crippen molar-refractivity contribution in [3.63, 3.8) is 0 Å². The number of carbonyl (C=O) groups excluding carboxylic acids is 2. The van der Waals surface area contributed by atoms with Crippen molar-refractivity contribution in [2.24, 2.45) is 5.10 Å². The van der Waals surface area contributed by atoms with E-state index in [1.54, 1.807) is 31.2 Å². The van der Waals surface area contributed by atoms with Crippen molar-refractivity contribution >= 4 is 28.9 Å². The Morgan fingerprint density at radius 3 is 2.00 bits per heavy atom. The first-order valence-corrected chi connectivity index (χ1v) is 11.9. The number of hydrogen-bond donors (Lipinski definition) is 1. The van der Waals surface area contributed by atoms with Gasteiger partial charge >= 0.3 is 12.4 Å². The van der Waals surface area contributed by atoms with Gasteiger partial charge in [-0.25, -0.2) is 9.99 Å². The molecule has 38 heavy (non-hydrogen) atoms. The van der Waals surface area contributed by atoms with Gasteiger partial charge < -0.3 is 10.2 Å². The highest BCUT2D eigenvalue weighted by Gasteiger charge is 2.39. The first-order chi connectivity index (χ1) is 17.7. The van der Waals surface area contributed by atoms with Crippen LogP contribution in [0.5, 0.6) is 0 Å². The predicted molar refractivity (Wildman–Crippen MR) is 128 cm³/mol. The molecule has 1 fully saturated rings. The van der Waals surface area contributed by atoms with E-state index in [4.69, 9.17) is 0 Å². The van der Waals surface area contributed by atoms with E-state index in [0.29, 0.717) is 54.8 Å². The van der Waals surface area contributed by atoms with Crippen molar-refractivity contribution in [1.29, 1.82) is 0 Å². The third-order valence-electron chi connectivity index (χ3n) is 6.67.